The van der Waals surface area contributed by atoms with Crippen LogP contribution in [0, 0.1) is 0 Å². The molecule has 0 aliphatic rings. The van der Waals surface area contributed by atoms with Crippen LogP contribution in [-0.4, -0.2) is 11.5 Å². The van der Waals surface area contributed by atoms with Gasteiger partial charge in [-0.25, -0.2) is 5.48 Å². The van der Waals surface area contributed by atoms with E-state index >= 15 is 0 Å². The van der Waals surface area contributed by atoms with Crippen molar-refractivity contribution in [3.8, 4) is 0 Å². The van der Waals surface area contributed by atoms with E-state index in [2.05, 4.69) is 5.48 Å². The van der Waals surface area contributed by atoms with Crippen molar-refractivity contribution in [1.82, 2.24) is 5.48 Å². The number of carbonyl (C=O) groups excluding carboxylic acids is 1. The zero-order chi connectivity index (χ0) is 12.5. The van der Waals surface area contributed by atoms with E-state index in [0.717, 1.165) is 10.1 Å². The van der Waals surface area contributed by atoms with Gasteiger partial charge in [0.25, 0.3) is 5.91 Å². The standard InChI is InChI=1S/C13H15NO2S/c1-13(2,3)16-14-12(15)11-8-9-6-4-5-7-10(9)17-11/h4-8H,1-3H3,(H,14,15). The summed E-state index contributed by atoms with van der Waals surface area (Å²) in [5.41, 5.74) is 2.09. The van der Waals surface area contributed by atoms with E-state index in [1.54, 1.807) is 0 Å². The minimum Gasteiger partial charge on any atom is -0.268 e. The van der Waals surface area contributed by atoms with Crippen molar-refractivity contribution in [3.05, 3.63) is 35.2 Å². The quantitative estimate of drug-likeness (QED) is 0.829. The average Bonchev–Trinajstić information content (AvgIpc) is 2.68. The maximum absolute atomic E-state index is 11.8. The van der Waals surface area contributed by atoms with Gasteiger partial charge in [0.05, 0.1) is 10.5 Å². The number of amides is 1. The maximum Gasteiger partial charge on any atom is 0.284 e. The van der Waals surface area contributed by atoms with Gasteiger partial charge >= 0.3 is 0 Å². The molecule has 0 fully saturated rings. The summed E-state index contributed by atoms with van der Waals surface area (Å²) in [6.07, 6.45) is 0. The Labute approximate surface area is 104 Å². The zero-order valence-electron chi connectivity index (χ0n) is 10.1. The molecule has 1 amide bonds. The van der Waals surface area contributed by atoms with Crippen LogP contribution in [0.2, 0.25) is 0 Å². The molecule has 0 aliphatic carbocycles. The van der Waals surface area contributed by atoms with Gasteiger partial charge in [-0.15, -0.1) is 11.3 Å². The van der Waals surface area contributed by atoms with Gasteiger partial charge in [-0.2, -0.15) is 0 Å². The molecular formula is C13H15NO2S. The molecular weight excluding hydrogens is 234 g/mol. The Hall–Kier alpha value is -1.39. The summed E-state index contributed by atoms with van der Waals surface area (Å²) < 4.78 is 1.11. The van der Waals surface area contributed by atoms with Gasteiger partial charge in [-0.1, -0.05) is 18.2 Å². The first-order chi connectivity index (χ1) is 7.96. The number of carbonyl (C=O) groups is 1. The van der Waals surface area contributed by atoms with E-state index in [9.17, 15) is 4.79 Å². The molecule has 1 aromatic heterocycles. The molecule has 2 aromatic rings. The van der Waals surface area contributed by atoms with E-state index in [4.69, 9.17) is 4.84 Å². The van der Waals surface area contributed by atoms with Crippen LogP contribution in [-0.2, 0) is 4.84 Å². The fourth-order valence-corrected chi connectivity index (χ4v) is 2.29. The van der Waals surface area contributed by atoms with Gasteiger partial charge in [-0.05, 0) is 38.3 Å². The van der Waals surface area contributed by atoms with Crippen molar-refractivity contribution in [1.29, 1.82) is 0 Å². The van der Waals surface area contributed by atoms with E-state index in [0.29, 0.717) is 4.88 Å². The number of benzene rings is 1. The van der Waals surface area contributed by atoms with Gasteiger partial charge in [0.15, 0.2) is 0 Å². The van der Waals surface area contributed by atoms with Crippen molar-refractivity contribution in [2.24, 2.45) is 0 Å². The van der Waals surface area contributed by atoms with Crippen LogP contribution in [0.25, 0.3) is 10.1 Å². The highest BCUT2D eigenvalue weighted by Gasteiger charge is 2.15. The third-order valence-electron chi connectivity index (χ3n) is 2.10. The van der Waals surface area contributed by atoms with Crippen molar-refractivity contribution >= 4 is 27.3 Å². The average molecular weight is 249 g/mol. The lowest BCUT2D eigenvalue weighted by Crippen LogP contribution is -2.33. The van der Waals surface area contributed by atoms with Gasteiger partial charge in [0.2, 0.25) is 0 Å². The second-order valence-electron chi connectivity index (χ2n) is 4.79. The minimum absolute atomic E-state index is 0.193. The number of thiophene rings is 1. The zero-order valence-corrected chi connectivity index (χ0v) is 10.9. The predicted molar refractivity (Wildman–Crippen MR) is 70.1 cm³/mol. The van der Waals surface area contributed by atoms with Gasteiger partial charge in [0.1, 0.15) is 0 Å². The molecule has 90 valence electrons. The molecule has 2 rings (SSSR count). The molecule has 0 radical (unpaired) electrons. The van der Waals surface area contributed by atoms with Crippen LogP contribution >= 0.6 is 11.3 Å². The first kappa shape index (κ1) is 12.1. The number of hydroxylamine groups is 1. The largest absolute Gasteiger partial charge is 0.284 e. The lowest BCUT2D eigenvalue weighted by molar-refractivity contribution is -0.0588. The molecule has 0 spiro atoms. The molecule has 4 heteroatoms. The number of fused-ring (bicyclic) bond motifs is 1. The summed E-state index contributed by atoms with van der Waals surface area (Å²) in [5, 5.41) is 1.08. The molecule has 0 unspecified atom stereocenters. The van der Waals surface area contributed by atoms with Gasteiger partial charge in [0, 0.05) is 4.70 Å². The van der Waals surface area contributed by atoms with Crippen LogP contribution < -0.4 is 5.48 Å². The van der Waals surface area contributed by atoms with Crippen molar-refractivity contribution in [2.75, 3.05) is 0 Å². The molecule has 0 aliphatic heterocycles. The van der Waals surface area contributed by atoms with E-state index < -0.39 is 0 Å². The third-order valence-corrected chi connectivity index (χ3v) is 3.21. The van der Waals surface area contributed by atoms with Crippen molar-refractivity contribution in [3.63, 3.8) is 0 Å². The Balaban J connectivity index is 2.14. The number of nitrogens with one attached hydrogen (secondary N) is 1. The predicted octanol–water partition coefficient (Wildman–Crippen LogP) is 3.36. The van der Waals surface area contributed by atoms with Crippen molar-refractivity contribution < 1.29 is 9.63 Å². The SMILES string of the molecule is CC(C)(C)ONC(=O)c1cc2ccccc2s1. The first-order valence-corrected chi connectivity index (χ1v) is 6.24. The molecule has 17 heavy (non-hydrogen) atoms. The van der Waals surface area contributed by atoms with E-state index in [-0.39, 0.29) is 11.5 Å². The van der Waals surface area contributed by atoms with Crippen molar-refractivity contribution in [2.45, 2.75) is 26.4 Å². The summed E-state index contributed by atoms with van der Waals surface area (Å²) in [4.78, 5) is 17.7. The minimum atomic E-state index is -0.383. The van der Waals surface area contributed by atoms with Gasteiger partial charge < -0.3 is 0 Å². The molecule has 0 saturated carbocycles. The van der Waals surface area contributed by atoms with Crippen LogP contribution in [0.5, 0.6) is 0 Å². The summed E-state index contributed by atoms with van der Waals surface area (Å²) >= 11 is 1.46. The number of hydrogen-bond donors (Lipinski definition) is 1. The van der Waals surface area contributed by atoms with E-state index in [1.807, 2.05) is 51.1 Å². The highest BCUT2D eigenvalue weighted by atomic mass is 32.1. The van der Waals surface area contributed by atoms with Crippen LogP contribution in [0.3, 0.4) is 0 Å². The Bertz CT molecular complexity index is 507. The Morgan fingerprint density at radius 1 is 1.29 bits per heavy atom. The second-order valence-corrected chi connectivity index (χ2v) is 5.88. The van der Waals surface area contributed by atoms with Crippen LogP contribution in [0.4, 0.5) is 0 Å². The molecule has 0 bridgehead atoms. The smallest absolute Gasteiger partial charge is 0.268 e. The topological polar surface area (TPSA) is 38.3 Å². The molecule has 1 heterocycles. The lowest BCUT2D eigenvalue weighted by Gasteiger charge is -2.18. The van der Waals surface area contributed by atoms with E-state index in [1.165, 1.54) is 11.3 Å². The number of hydrogen-bond acceptors (Lipinski definition) is 3. The normalized spacial score (nSPS) is 11.7. The summed E-state index contributed by atoms with van der Waals surface area (Å²) in [6.45, 7) is 5.66. The van der Waals surface area contributed by atoms with Crippen LogP contribution in [0.15, 0.2) is 30.3 Å². The summed E-state index contributed by atoms with van der Waals surface area (Å²) in [7, 11) is 0. The monoisotopic (exact) mass is 249 g/mol. The maximum atomic E-state index is 11.8. The molecule has 1 aromatic carbocycles. The molecule has 0 saturated heterocycles. The highest BCUT2D eigenvalue weighted by Crippen LogP contribution is 2.25. The Morgan fingerprint density at radius 3 is 2.65 bits per heavy atom. The first-order valence-electron chi connectivity index (χ1n) is 5.43. The molecule has 0 atom stereocenters. The fraction of sp³-hybridized carbons (Fsp3) is 0.308. The molecule has 3 nitrogen and oxygen atoms in total. The summed E-state index contributed by atoms with van der Waals surface area (Å²) in [5.74, 6) is -0.193. The Morgan fingerprint density at radius 2 is 2.00 bits per heavy atom. The third kappa shape index (κ3) is 3.05. The van der Waals surface area contributed by atoms with Gasteiger partial charge in [-0.3, -0.25) is 9.63 Å². The fourth-order valence-electron chi connectivity index (χ4n) is 1.34. The summed E-state index contributed by atoms with van der Waals surface area (Å²) in [6, 6.07) is 9.80. The lowest BCUT2D eigenvalue weighted by atomic mass is 10.2. The Kier molecular flexibility index (Phi) is 3.17. The number of rotatable bonds is 2. The molecule has 1 N–H and O–H groups in total. The van der Waals surface area contributed by atoms with Crippen LogP contribution in [0.1, 0.15) is 30.4 Å². The highest BCUT2D eigenvalue weighted by molar-refractivity contribution is 7.20. The second kappa shape index (κ2) is 4.47.